The molecule has 0 radical (unpaired) electrons. The van der Waals surface area contributed by atoms with Crippen LogP contribution in [0.15, 0.2) is 59.9 Å². The van der Waals surface area contributed by atoms with Gasteiger partial charge in [0.25, 0.3) is 0 Å². The van der Waals surface area contributed by atoms with Gasteiger partial charge >= 0.3 is 61.8 Å². The first kappa shape index (κ1) is 58.9. The molecule has 4 nitrogen and oxygen atoms in total. The number of fused-ring (bicyclic) bond motifs is 2. The van der Waals surface area contributed by atoms with Crippen molar-refractivity contribution in [3.8, 4) is 5.69 Å². The third kappa shape index (κ3) is 9.19. The van der Waals surface area contributed by atoms with Crippen LogP contribution in [0.2, 0.25) is 0 Å². The van der Waals surface area contributed by atoms with E-state index in [2.05, 4.69) is 0 Å². The van der Waals surface area contributed by atoms with Crippen LogP contribution in [-0.4, -0.2) is 21.5 Å². The summed E-state index contributed by atoms with van der Waals surface area (Å²) in [6.45, 7) is 0.405. The number of hydrogen-bond acceptors (Lipinski definition) is 2. The molecular formula is C44H16F30N2O2. The summed E-state index contributed by atoms with van der Waals surface area (Å²) in [6, 6.07) is 4.24. The number of aliphatic hydroxyl groups is 1. The Bertz CT molecular complexity index is 3330. The molecule has 4 aromatic carbocycles. The Morgan fingerprint density at radius 1 is 0.423 bits per heavy atom. The molecule has 1 aliphatic carbocycles. The van der Waals surface area contributed by atoms with Crippen molar-refractivity contribution in [1.82, 2.24) is 9.14 Å². The third-order valence-corrected chi connectivity index (χ3v) is 12.0. The molecule has 1 aliphatic heterocycles. The van der Waals surface area contributed by atoms with Gasteiger partial charge in [-0.2, -0.15) is 136 Å². The lowest BCUT2D eigenvalue weighted by Gasteiger charge is -2.39. The molecule has 2 aliphatic rings. The lowest BCUT2D eigenvalue weighted by molar-refractivity contribution is -0.302. The first-order chi connectivity index (χ1) is 34.8. The number of halogens is 30. The number of allylic oxidation sites excluding steroid dienone is 1. The zero-order valence-corrected chi connectivity index (χ0v) is 36.8. The van der Waals surface area contributed by atoms with Crippen molar-refractivity contribution in [2.45, 2.75) is 81.7 Å². The van der Waals surface area contributed by atoms with Gasteiger partial charge in [-0.15, -0.1) is 0 Å². The lowest BCUT2D eigenvalue weighted by Crippen LogP contribution is -2.35. The summed E-state index contributed by atoms with van der Waals surface area (Å²) in [4.78, 5) is 0. The van der Waals surface area contributed by atoms with E-state index in [0.29, 0.717) is 36.4 Å². The van der Waals surface area contributed by atoms with Crippen molar-refractivity contribution in [2.24, 2.45) is 0 Å². The van der Waals surface area contributed by atoms with Gasteiger partial charge in [-0.25, -0.2) is 0 Å². The van der Waals surface area contributed by atoms with Gasteiger partial charge in [0, 0.05) is 29.6 Å². The Morgan fingerprint density at radius 3 is 1.10 bits per heavy atom. The molecule has 1 N–H and O–H groups in total. The fourth-order valence-corrected chi connectivity index (χ4v) is 9.68. The topological polar surface area (TPSA) is 51.2 Å². The molecule has 0 saturated heterocycles. The maximum Gasteiger partial charge on any atom is 0.423 e. The molecular weight excluding hydrogens is 1160 g/mol. The summed E-state index contributed by atoms with van der Waals surface area (Å²) in [5, 5.41) is 25.0. The van der Waals surface area contributed by atoms with E-state index >= 15 is 52.7 Å². The van der Waals surface area contributed by atoms with E-state index in [1.807, 2.05) is 0 Å². The predicted octanol–water partition coefficient (Wildman–Crippen LogP) is 16.3. The smallest absolute Gasteiger partial charge is 0.423 e. The molecule has 34 heteroatoms. The number of para-hydroxylation sites is 2. The fourth-order valence-electron chi connectivity index (χ4n) is 9.68. The average molecular weight is 1170 g/mol. The predicted molar refractivity (Wildman–Crippen MR) is 203 cm³/mol. The summed E-state index contributed by atoms with van der Waals surface area (Å²) in [7, 11) is 0. The molecule has 1 aromatic heterocycles. The minimum Gasteiger partial charge on any atom is -0.872 e. The summed E-state index contributed by atoms with van der Waals surface area (Å²) in [6.07, 6.45) is -75.6. The van der Waals surface area contributed by atoms with Crippen molar-refractivity contribution in [2.75, 3.05) is 0 Å². The lowest BCUT2D eigenvalue weighted by atomic mass is 9.76. The largest absolute Gasteiger partial charge is 0.872 e. The molecule has 424 valence electrons. The van der Waals surface area contributed by atoms with E-state index < -0.39 is 206 Å². The van der Waals surface area contributed by atoms with Crippen molar-refractivity contribution in [1.29, 1.82) is 0 Å². The van der Waals surface area contributed by atoms with Crippen LogP contribution < -0.4 is 9.68 Å². The zero-order valence-electron chi connectivity index (χ0n) is 36.8. The van der Waals surface area contributed by atoms with Crippen molar-refractivity contribution in [3.05, 3.63) is 132 Å². The van der Waals surface area contributed by atoms with Gasteiger partial charge in [-0.05, 0) is 30.2 Å². The SMILES string of the molecule is CC1=[N+](c2c(C(F)(F)F)c(C(F)(F)F)c(C(F)(F)F)c(C(F)(F)F)c2C(F)(F)F)c2ccccc2/C1=C1\C([O-])=C(c2c(C)n(-c3c(C(F)(F)F)c(C(F)(F)F)c(C(F)(F)F)c(C(F)(F)F)c3C(F)(F)F)c3ccccc23)C1O. The van der Waals surface area contributed by atoms with Gasteiger partial charge in [0.15, 0.2) is 5.71 Å². The molecule has 78 heavy (non-hydrogen) atoms. The number of aromatic nitrogens is 1. The highest BCUT2D eigenvalue weighted by molar-refractivity contribution is 6.31. The molecule has 1 atom stereocenters. The standard InChI is InChI=1S/C44H16F30N2O2/c1-11-17(13-7-3-5-9-15(13)75(11)31-27(41(63,64)65)23(37(51,52)53)21(35(45,46)47)24(38(54,55)56)28(31)42(66,67)68)19-33(77)20(34(19)78)18-12(2)76(16-10-6-4-8-14(16)18)32-29(43(69,70)71)25(39(57,58)59)22(36(48,49)50)26(40(60,61)62)30(32)44(72,73)74/h3-10,33,77H,1-2H3. The summed E-state index contributed by atoms with van der Waals surface area (Å²) >= 11 is 0. The van der Waals surface area contributed by atoms with Crippen LogP contribution in [0, 0.1) is 6.92 Å². The molecule has 0 fully saturated rings. The number of aliphatic hydroxyl groups excluding tert-OH is 1. The highest BCUT2D eigenvalue weighted by Gasteiger charge is 2.65. The Hall–Kier alpha value is -6.77. The summed E-state index contributed by atoms with van der Waals surface area (Å²) in [5.74, 6) is -1.99. The van der Waals surface area contributed by atoms with Crippen LogP contribution in [0.4, 0.5) is 143 Å². The number of alkyl halides is 30. The van der Waals surface area contributed by atoms with Gasteiger partial charge in [-0.1, -0.05) is 36.1 Å². The van der Waals surface area contributed by atoms with E-state index in [9.17, 15) is 89.2 Å². The number of hydrogen-bond donors (Lipinski definition) is 1. The molecule has 2 heterocycles. The molecule has 0 spiro atoms. The van der Waals surface area contributed by atoms with Gasteiger partial charge in [0.05, 0.1) is 66.8 Å². The fraction of sp³-hybridized carbons (Fsp3) is 0.295. The number of rotatable bonds is 3. The third-order valence-electron chi connectivity index (χ3n) is 12.0. The minimum absolute atomic E-state index is 0.203. The Labute approximate surface area is 410 Å². The van der Waals surface area contributed by atoms with Gasteiger partial charge < -0.3 is 14.8 Å². The van der Waals surface area contributed by atoms with E-state index in [4.69, 9.17) is 0 Å². The van der Waals surface area contributed by atoms with E-state index in [1.165, 1.54) is 0 Å². The number of nitrogens with zero attached hydrogens (tertiary/aromatic N) is 2. The van der Waals surface area contributed by atoms with Gasteiger partial charge in [-0.3, -0.25) is 0 Å². The van der Waals surface area contributed by atoms with E-state index in [1.54, 1.807) is 0 Å². The minimum atomic E-state index is -7.35. The van der Waals surface area contributed by atoms with Crippen LogP contribution >= 0.6 is 0 Å². The normalized spacial score (nSPS) is 17.7. The van der Waals surface area contributed by atoms with Gasteiger partial charge in [0.1, 0.15) is 17.2 Å². The van der Waals surface area contributed by atoms with E-state index in [0.717, 1.165) is 12.1 Å². The quantitative estimate of drug-likeness (QED) is 0.145. The summed E-state index contributed by atoms with van der Waals surface area (Å²) < 4.78 is 440. The van der Waals surface area contributed by atoms with Crippen LogP contribution in [0.3, 0.4) is 0 Å². The second-order valence-electron chi connectivity index (χ2n) is 16.6. The molecule has 0 bridgehead atoms. The van der Waals surface area contributed by atoms with Crippen LogP contribution in [0.5, 0.6) is 0 Å². The van der Waals surface area contributed by atoms with Crippen LogP contribution in [0.1, 0.15) is 79.4 Å². The monoisotopic (exact) mass is 1170 g/mol. The van der Waals surface area contributed by atoms with Crippen molar-refractivity contribution >= 4 is 39.1 Å². The second-order valence-corrected chi connectivity index (χ2v) is 16.6. The van der Waals surface area contributed by atoms with E-state index in [-0.39, 0.29) is 13.8 Å². The Morgan fingerprint density at radius 2 is 0.744 bits per heavy atom. The molecule has 1 unspecified atom stereocenters. The average Bonchev–Trinajstić information content (AvgIpc) is 3.67. The second kappa shape index (κ2) is 17.4. The Kier molecular flexibility index (Phi) is 13.1. The molecule has 5 aromatic rings. The maximum atomic E-state index is 15.0. The van der Waals surface area contributed by atoms with Crippen molar-refractivity contribution in [3.63, 3.8) is 0 Å². The van der Waals surface area contributed by atoms with Crippen LogP contribution in [0.25, 0.3) is 27.7 Å². The first-order valence-corrected chi connectivity index (χ1v) is 20.2. The zero-order chi connectivity index (χ0) is 59.7. The van der Waals surface area contributed by atoms with Crippen LogP contribution in [-0.2, 0) is 61.8 Å². The molecule has 0 saturated carbocycles. The van der Waals surface area contributed by atoms with Gasteiger partial charge in [0.2, 0.25) is 11.4 Å². The highest BCUT2D eigenvalue weighted by atomic mass is 19.4. The summed E-state index contributed by atoms with van der Waals surface area (Å²) in [5.41, 5.74) is -62.5. The highest BCUT2D eigenvalue weighted by Crippen LogP contribution is 2.62. The first-order valence-electron chi connectivity index (χ1n) is 20.2. The van der Waals surface area contributed by atoms with Crippen molar-refractivity contribution < 1.29 is 142 Å². The molecule has 7 rings (SSSR count). The molecule has 0 amide bonds. The number of benzene rings is 4. The maximum absolute atomic E-state index is 15.0. The Balaban J connectivity index is 1.71.